The zero-order valence-electron chi connectivity index (χ0n) is 21.8. The number of carbonyl (C=O) groups is 2. The summed E-state index contributed by atoms with van der Waals surface area (Å²) in [4.78, 5) is 23.4. The molecule has 0 unspecified atom stereocenters. The largest absolute Gasteiger partial charge is 0.478 e. The van der Waals surface area contributed by atoms with Gasteiger partial charge in [-0.2, -0.15) is 0 Å². The summed E-state index contributed by atoms with van der Waals surface area (Å²) in [6, 6.07) is 32.7. The van der Waals surface area contributed by atoms with E-state index in [-0.39, 0.29) is 11.1 Å². The van der Waals surface area contributed by atoms with Gasteiger partial charge in [0.2, 0.25) is 0 Å². The van der Waals surface area contributed by atoms with Gasteiger partial charge in [-0.1, -0.05) is 89.9 Å². The molecule has 0 aliphatic carbocycles. The SMILES string of the molecule is O=C(O)c1cc(C(Cl)(c2ccccc2)c2ccc(Nc3ccccc3Cl)c(C(=O)O)c2)ccc1Nc1ccccc1Cl. The molecular formula is C33H23Cl3N2O4. The average Bonchev–Trinajstić information content (AvgIpc) is 2.99. The molecule has 4 N–H and O–H groups in total. The number of nitrogens with one attached hydrogen (secondary N) is 2. The maximum absolute atomic E-state index is 12.4. The smallest absolute Gasteiger partial charge is 0.337 e. The molecule has 0 heterocycles. The second-order valence-electron chi connectivity index (χ2n) is 9.37. The molecule has 0 spiro atoms. The minimum atomic E-state index is -1.44. The van der Waals surface area contributed by atoms with Crippen LogP contribution in [0.2, 0.25) is 10.0 Å². The average molecular weight is 618 g/mol. The van der Waals surface area contributed by atoms with Crippen LogP contribution in [0.15, 0.2) is 115 Å². The first-order valence-electron chi connectivity index (χ1n) is 12.7. The maximum Gasteiger partial charge on any atom is 0.337 e. The van der Waals surface area contributed by atoms with E-state index in [1.54, 1.807) is 84.9 Å². The maximum atomic E-state index is 12.4. The molecule has 210 valence electrons. The van der Waals surface area contributed by atoms with Crippen molar-refractivity contribution in [2.24, 2.45) is 0 Å². The lowest BCUT2D eigenvalue weighted by Gasteiger charge is -2.30. The fraction of sp³-hybridized carbons (Fsp3) is 0.0303. The molecule has 9 heteroatoms. The monoisotopic (exact) mass is 616 g/mol. The molecule has 0 aliphatic heterocycles. The second kappa shape index (κ2) is 12.2. The van der Waals surface area contributed by atoms with Crippen molar-refractivity contribution in [1.82, 2.24) is 0 Å². The summed E-state index contributed by atoms with van der Waals surface area (Å²) in [6.45, 7) is 0. The van der Waals surface area contributed by atoms with Crippen molar-refractivity contribution in [2.75, 3.05) is 10.6 Å². The van der Waals surface area contributed by atoms with E-state index in [1.165, 1.54) is 12.1 Å². The summed E-state index contributed by atoms with van der Waals surface area (Å²) >= 11 is 20.1. The third-order valence-electron chi connectivity index (χ3n) is 6.75. The zero-order chi connectivity index (χ0) is 29.9. The van der Waals surface area contributed by atoms with E-state index in [0.717, 1.165) is 0 Å². The second-order valence-corrected chi connectivity index (χ2v) is 10.7. The molecule has 0 aliphatic rings. The summed E-state index contributed by atoms with van der Waals surface area (Å²) in [6.07, 6.45) is 0. The molecule has 5 aromatic rings. The third kappa shape index (κ3) is 5.78. The van der Waals surface area contributed by atoms with Gasteiger partial charge in [-0.15, -0.1) is 11.6 Å². The highest BCUT2D eigenvalue weighted by molar-refractivity contribution is 6.33. The van der Waals surface area contributed by atoms with Crippen LogP contribution in [0, 0.1) is 0 Å². The Bertz CT molecular complexity index is 1690. The van der Waals surface area contributed by atoms with Crippen molar-refractivity contribution in [1.29, 1.82) is 0 Å². The van der Waals surface area contributed by atoms with Gasteiger partial charge in [0.1, 0.15) is 4.87 Å². The lowest BCUT2D eigenvalue weighted by molar-refractivity contribution is 0.0687. The minimum Gasteiger partial charge on any atom is -0.478 e. The van der Waals surface area contributed by atoms with Crippen LogP contribution in [0.3, 0.4) is 0 Å². The van der Waals surface area contributed by atoms with E-state index in [2.05, 4.69) is 10.6 Å². The van der Waals surface area contributed by atoms with Crippen molar-refractivity contribution in [3.05, 3.63) is 153 Å². The molecular weight excluding hydrogens is 595 g/mol. The van der Waals surface area contributed by atoms with Crippen LogP contribution in [0.25, 0.3) is 0 Å². The van der Waals surface area contributed by atoms with Gasteiger partial charge in [0.25, 0.3) is 0 Å². The van der Waals surface area contributed by atoms with Gasteiger partial charge in [0, 0.05) is 0 Å². The van der Waals surface area contributed by atoms with Gasteiger partial charge in [0.15, 0.2) is 0 Å². The highest BCUT2D eigenvalue weighted by Crippen LogP contribution is 2.45. The van der Waals surface area contributed by atoms with Crippen LogP contribution < -0.4 is 10.6 Å². The van der Waals surface area contributed by atoms with Gasteiger partial charge < -0.3 is 20.8 Å². The number of halogens is 3. The van der Waals surface area contributed by atoms with E-state index >= 15 is 0 Å². The Balaban J connectivity index is 1.65. The number of para-hydroxylation sites is 2. The molecule has 5 aromatic carbocycles. The Labute approximate surface area is 257 Å². The Morgan fingerprint density at radius 3 is 1.33 bits per heavy atom. The number of rotatable bonds is 9. The quantitative estimate of drug-likeness (QED) is 0.0971. The molecule has 0 saturated carbocycles. The Kier molecular flexibility index (Phi) is 8.41. The summed E-state index contributed by atoms with van der Waals surface area (Å²) in [5, 5.41) is 27.3. The van der Waals surface area contributed by atoms with Crippen LogP contribution in [-0.2, 0) is 4.87 Å². The van der Waals surface area contributed by atoms with Crippen molar-refractivity contribution < 1.29 is 19.8 Å². The molecule has 0 fully saturated rings. The van der Waals surface area contributed by atoms with Gasteiger partial charge >= 0.3 is 11.9 Å². The van der Waals surface area contributed by atoms with Crippen molar-refractivity contribution in [3.8, 4) is 0 Å². The van der Waals surface area contributed by atoms with Crippen LogP contribution in [0.4, 0.5) is 22.7 Å². The van der Waals surface area contributed by atoms with Crippen LogP contribution in [-0.4, -0.2) is 22.2 Å². The molecule has 0 saturated heterocycles. The molecule has 6 nitrogen and oxygen atoms in total. The zero-order valence-corrected chi connectivity index (χ0v) is 24.1. The normalized spacial score (nSPS) is 11.1. The summed E-state index contributed by atoms with van der Waals surface area (Å²) in [5.41, 5.74) is 3.13. The number of alkyl halides is 1. The first kappa shape index (κ1) is 29.0. The lowest BCUT2D eigenvalue weighted by atomic mass is 9.82. The fourth-order valence-corrected chi connectivity index (χ4v) is 5.40. The van der Waals surface area contributed by atoms with Crippen molar-refractivity contribution in [2.45, 2.75) is 4.87 Å². The number of hydrogen-bond donors (Lipinski definition) is 4. The number of aromatic carboxylic acids is 2. The summed E-state index contributed by atoms with van der Waals surface area (Å²) in [7, 11) is 0. The third-order valence-corrected chi connectivity index (χ3v) is 8.07. The van der Waals surface area contributed by atoms with Gasteiger partial charge in [-0.25, -0.2) is 9.59 Å². The van der Waals surface area contributed by atoms with E-state index in [4.69, 9.17) is 34.8 Å². The number of hydrogen-bond acceptors (Lipinski definition) is 4. The van der Waals surface area contributed by atoms with Crippen LogP contribution in [0.5, 0.6) is 0 Å². The van der Waals surface area contributed by atoms with E-state index < -0.39 is 16.8 Å². The predicted octanol–water partition coefficient (Wildman–Crippen LogP) is 9.41. The molecule has 0 radical (unpaired) electrons. The number of carboxylic acid groups (broad SMARTS) is 2. The van der Waals surface area contributed by atoms with Crippen molar-refractivity contribution >= 4 is 69.5 Å². The Morgan fingerprint density at radius 1 is 0.524 bits per heavy atom. The molecule has 0 atom stereocenters. The first-order chi connectivity index (χ1) is 20.2. The fourth-order valence-electron chi connectivity index (χ4n) is 4.67. The summed E-state index contributed by atoms with van der Waals surface area (Å²) < 4.78 is 0. The van der Waals surface area contributed by atoms with Crippen LogP contribution >= 0.6 is 34.8 Å². The number of benzene rings is 5. The van der Waals surface area contributed by atoms with Gasteiger partial charge in [0.05, 0.1) is 43.9 Å². The number of anilines is 4. The minimum absolute atomic E-state index is 0.0381. The molecule has 0 bridgehead atoms. The summed E-state index contributed by atoms with van der Waals surface area (Å²) in [5.74, 6) is -2.35. The van der Waals surface area contributed by atoms with E-state index in [0.29, 0.717) is 49.5 Å². The topological polar surface area (TPSA) is 98.7 Å². The molecule has 5 rings (SSSR count). The first-order valence-corrected chi connectivity index (χ1v) is 13.8. The Morgan fingerprint density at radius 2 is 0.929 bits per heavy atom. The van der Waals surface area contributed by atoms with Gasteiger partial charge in [-0.3, -0.25) is 0 Å². The molecule has 0 amide bonds. The Hall–Kier alpha value is -4.49. The predicted molar refractivity (Wildman–Crippen MR) is 168 cm³/mol. The highest BCUT2D eigenvalue weighted by Gasteiger charge is 2.36. The van der Waals surface area contributed by atoms with E-state index in [1.807, 2.05) is 18.2 Å². The molecule has 0 aromatic heterocycles. The lowest BCUT2D eigenvalue weighted by Crippen LogP contribution is -2.24. The molecule has 42 heavy (non-hydrogen) atoms. The highest BCUT2D eigenvalue weighted by atomic mass is 35.5. The van der Waals surface area contributed by atoms with Crippen molar-refractivity contribution in [3.63, 3.8) is 0 Å². The van der Waals surface area contributed by atoms with E-state index in [9.17, 15) is 19.8 Å². The van der Waals surface area contributed by atoms with Gasteiger partial charge in [-0.05, 0) is 65.2 Å². The standard InChI is InChI=1S/C33H23Cl3N2O4/c34-25-10-4-6-12-29(25)37-27-16-14-21(18-23(27)31(39)40)33(36,20-8-2-1-3-9-20)22-15-17-28(24(19-22)32(41)42)38-30-13-7-5-11-26(30)35/h1-19,37-38H,(H,39,40)(H,41,42). The number of carboxylic acids is 2. The van der Waals surface area contributed by atoms with Crippen LogP contribution in [0.1, 0.15) is 37.4 Å².